The summed E-state index contributed by atoms with van der Waals surface area (Å²) >= 11 is 5.97. The van der Waals surface area contributed by atoms with E-state index in [1.807, 2.05) is 41.3 Å². The van der Waals surface area contributed by atoms with Crippen LogP contribution in [0.3, 0.4) is 0 Å². The van der Waals surface area contributed by atoms with E-state index in [4.69, 9.17) is 11.6 Å². The molecule has 0 radical (unpaired) electrons. The summed E-state index contributed by atoms with van der Waals surface area (Å²) in [5, 5.41) is 4.25. The normalized spacial score (nSPS) is 18.7. The van der Waals surface area contributed by atoms with E-state index in [0.717, 1.165) is 23.4 Å². The molecule has 3 aromatic carbocycles. The Bertz CT molecular complexity index is 940. The molecule has 0 saturated heterocycles. The molecular formula is C23H21ClN2O. The zero-order chi connectivity index (χ0) is 18.8. The van der Waals surface area contributed by atoms with Crippen molar-refractivity contribution in [3.63, 3.8) is 0 Å². The molecule has 0 aromatic heterocycles. The van der Waals surface area contributed by atoms with Gasteiger partial charge in [-0.15, -0.1) is 0 Å². The summed E-state index contributed by atoms with van der Waals surface area (Å²) in [6.07, 6.45) is 0.839. The zero-order valence-electron chi connectivity index (χ0n) is 15.1. The average Bonchev–Trinajstić information content (AvgIpc) is 2.69. The first-order valence-corrected chi connectivity index (χ1v) is 9.51. The van der Waals surface area contributed by atoms with E-state index in [-0.39, 0.29) is 18.0 Å². The lowest BCUT2D eigenvalue weighted by atomic mass is 9.90. The van der Waals surface area contributed by atoms with Crippen molar-refractivity contribution >= 4 is 28.9 Å². The Morgan fingerprint density at radius 2 is 1.63 bits per heavy atom. The fraction of sp³-hybridized carbons (Fsp3) is 0.174. The first-order chi connectivity index (χ1) is 13.1. The van der Waals surface area contributed by atoms with Gasteiger partial charge in [0.05, 0.1) is 6.04 Å². The molecule has 0 unspecified atom stereocenters. The van der Waals surface area contributed by atoms with Crippen LogP contribution in [0.4, 0.5) is 11.4 Å². The fourth-order valence-corrected chi connectivity index (χ4v) is 3.85. The standard InChI is InChI=1S/C23H21ClN2O/c1-16-15-21(25-19-7-3-2-4-8-19)20-9-5-6-10-22(20)26(16)23(27)17-11-13-18(24)14-12-17/h2-14,16,21,25H,15H2,1H3/t16-,21+/m1/s1. The van der Waals surface area contributed by atoms with Gasteiger partial charge in [0.15, 0.2) is 0 Å². The van der Waals surface area contributed by atoms with Gasteiger partial charge in [0, 0.05) is 28.0 Å². The van der Waals surface area contributed by atoms with Crippen molar-refractivity contribution in [3.8, 4) is 0 Å². The Kier molecular flexibility index (Phi) is 4.87. The van der Waals surface area contributed by atoms with Gasteiger partial charge in [-0.3, -0.25) is 4.79 Å². The number of carbonyl (C=O) groups excluding carboxylic acids is 1. The zero-order valence-corrected chi connectivity index (χ0v) is 15.9. The van der Waals surface area contributed by atoms with Crippen LogP contribution >= 0.6 is 11.6 Å². The Balaban J connectivity index is 1.68. The number of amides is 1. The van der Waals surface area contributed by atoms with Crippen molar-refractivity contribution < 1.29 is 4.79 Å². The maximum Gasteiger partial charge on any atom is 0.258 e. The van der Waals surface area contributed by atoms with Crippen molar-refractivity contribution in [2.45, 2.75) is 25.4 Å². The van der Waals surface area contributed by atoms with Crippen LogP contribution in [0.1, 0.15) is 35.3 Å². The number of halogens is 1. The molecule has 0 fully saturated rings. The van der Waals surface area contributed by atoms with Crippen LogP contribution < -0.4 is 10.2 Å². The van der Waals surface area contributed by atoms with E-state index in [1.54, 1.807) is 24.3 Å². The Labute approximate surface area is 164 Å². The number of carbonyl (C=O) groups is 1. The van der Waals surface area contributed by atoms with Crippen molar-refractivity contribution in [1.82, 2.24) is 0 Å². The SMILES string of the molecule is C[C@@H]1C[C@H](Nc2ccccc2)c2ccccc2N1C(=O)c1ccc(Cl)cc1. The third kappa shape index (κ3) is 3.56. The highest BCUT2D eigenvalue weighted by Crippen LogP contribution is 2.39. The minimum absolute atomic E-state index is 0.00442. The van der Waals surface area contributed by atoms with Crippen molar-refractivity contribution in [2.75, 3.05) is 10.2 Å². The number of rotatable bonds is 3. The Morgan fingerprint density at radius 3 is 2.37 bits per heavy atom. The number of fused-ring (bicyclic) bond motifs is 1. The maximum atomic E-state index is 13.2. The van der Waals surface area contributed by atoms with Gasteiger partial charge in [-0.1, -0.05) is 48.0 Å². The number of hydrogen-bond acceptors (Lipinski definition) is 2. The maximum absolute atomic E-state index is 13.2. The smallest absolute Gasteiger partial charge is 0.258 e. The van der Waals surface area contributed by atoms with Crippen LogP contribution in [0.15, 0.2) is 78.9 Å². The van der Waals surface area contributed by atoms with Gasteiger partial charge in [0.25, 0.3) is 5.91 Å². The van der Waals surface area contributed by atoms with E-state index < -0.39 is 0 Å². The molecule has 1 aliphatic rings. The number of anilines is 2. The lowest BCUT2D eigenvalue weighted by Crippen LogP contribution is -2.44. The number of nitrogens with zero attached hydrogens (tertiary/aromatic N) is 1. The molecule has 1 N–H and O–H groups in total. The summed E-state index contributed by atoms with van der Waals surface area (Å²) in [6, 6.07) is 25.7. The van der Waals surface area contributed by atoms with Crippen LogP contribution in [-0.2, 0) is 0 Å². The summed E-state index contributed by atoms with van der Waals surface area (Å²) in [5.41, 5.74) is 3.84. The minimum Gasteiger partial charge on any atom is -0.378 e. The molecule has 0 saturated carbocycles. The molecule has 0 bridgehead atoms. The van der Waals surface area contributed by atoms with Crippen molar-refractivity contribution in [3.05, 3.63) is 95.0 Å². The van der Waals surface area contributed by atoms with Crippen LogP contribution in [0.5, 0.6) is 0 Å². The summed E-state index contributed by atoms with van der Waals surface area (Å²) in [6.45, 7) is 2.10. The lowest BCUT2D eigenvalue weighted by molar-refractivity contribution is 0.0974. The van der Waals surface area contributed by atoms with Crippen molar-refractivity contribution in [1.29, 1.82) is 0 Å². The van der Waals surface area contributed by atoms with E-state index >= 15 is 0 Å². The van der Waals surface area contributed by atoms with E-state index in [0.29, 0.717) is 10.6 Å². The molecule has 1 aliphatic heterocycles. The molecule has 4 heteroatoms. The third-order valence-electron chi connectivity index (χ3n) is 5.01. The molecule has 136 valence electrons. The molecule has 0 spiro atoms. The number of nitrogens with one attached hydrogen (secondary N) is 1. The van der Waals surface area contributed by atoms with Crippen LogP contribution in [-0.4, -0.2) is 11.9 Å². The van der Waals surface area contributed by atoms with Crippen LogP contribution in [0, 0.1) is 0 Å². The Morgan fingerprint density at radius 1 is 0.963 bits per heavy atom. The van der Waals surface area contributed by atoms with Gasteiger partial charge in [-0.05, 0) is 61.4 Å². The second-order valence-electron chi connectivity index (χ2n) is 6.89. The predicted octanol–water partition coefficient (Wildman–Crippen LogP) is 5.93. The second kappa shape index (κ2) is 7.45. The molecule has 1 heterocycles. The summed E-state index contributed by atoms with van der Waals surface area (Å²) < 4.78 is 0. The van der Waals surface area contributed by atoms with E-state index in [1.165, 1.54) is 0 Å². The molecule has 27 heavy (non-hydrogen) atoms. The first kappa shape index (κ1) is 17.6. The average molecular weight is 377 g/mol. The highest BCUT2D eigenvalue weighted by Gasteiger charge is 2.34. The number of para-hydroxylation sites is 2. The molecule has 4 rings (SSSR count). The molecule has 0 aliphatic carbocycles. The molecule has 3 nitrogen and oxygen atoms in total. The van der Waals surface area contributed by atoms with Gasteiger partial charge in [0.1, 0.15) is 0 Å². The fourth-order valence-electron chi connectivity index (χ4n) is 3.73. The lowest BCUT2D eigenvalue weighted by Gasteiger charge is -2.40. The molecule has 1 amide bonds. The van der Waals surface area contributed by atoms with Crippen molar-refractivity contribution in [2.24, 2.45) is 0 Å². The molecule has 3 aromatic rings. The summed E-state index contributed by atoms with van der Waals surface area (Å²) in [5.74, 6) is 0.00442. The molecule has 2 atom stereocenters. The van der Waals surface area contributed by atoms with E-state index in [9.17, 15) is 4.79 Å². The monoisotopic (exact) mass is 376 g/mol. The largest absolute Gasteiger partial charge is 0.378 e. The number of hydrogen-bond donors (Lipinski definition) is 1. The van der Waals surface area contributed by atoms with E-state index in [2.05, 4.69) is 30.4 Å². The third-order valence-corrected chi connectivity index (χ3v) is 5.27. The Hall–Kier alpha value is -2.78. The van der Waals surface area contributed by atoms with Gasteiger partial charge in [-0.2, -0.15) is 0 Å². The summed E-state index contributed by atoms with van der Waals surface area (Å²) in [7, 11) is 0. The summed E-state index contributed by atoms with van der Waals surface area (Å²) in [4.78, 5) is 15.1. The second-order valence-corrected chi connectivity index (χ2v) is 7.32. The van der Waals surface area contributed by atoms with Crippen LogP contribution in [0.25, 0.3) is 0 Å². The van der Waals surface area contributed by atoms with Gasteiger partial charge in [-0.25, -0.2) is 0 Å². The number of benzene rings is 3. The quantitative estimate of drug-likeness (QED) is 0.614. The van der Waals surface area contributed by atoms with Gasteiger partial charge >= 0.3 is 0 Å². The minimum atomic E-state index is 0.00442. The highest BCUT2D eigenvalue weighted by atomic mass is 35.5. The topological polar surface area (TPSA) is 32.3 Å². The molecular weight excluding hydrogens is 356 g/mol. The van der Waals surface area contributed by atoms with Gasteiger partial charge in [0.2, 0.25) is 0 Å². The first-order valence-electron chi connectivity index (χ1n) is 9.13. The van der Waals surface area contributed by atoms with Crippen LogP contribution in [0.2, 0.25) is 5.02 Å². The van der Waals surface area contributed by atoms with Gasteiger partial charge < -0.3 is 10.2 Å². The predicted molar refractivity (Wildman–Crippen MR) is 112 cm³/mol. The highest BCUT2D eigenvalue weighted by molar-refractivity contribution is 6.30.